The summed E-state index contributed by atoms with van der Waals surface area (Å²) in [6.45, 7) is 7.78. The molecule has 1 aromatic carbocycles. The van der Waals surface area contributed by atoms with Crippen molar-refractivity contribution >= 4 is 17.6 Å². The summed E-state index contributed by atoms with van der Waals surface area (Å²) in [5.74, 6) is 0.218. The fourth-order valence-electron chi connectivity index (χ4n) is 2.32. The van der Waals surface area contributed by atoms with E-state index in [1.807, 2.05) is 27.7 Å². The van der Waals surface area contributed by atoms with E-state index in [2.05, 4.69) is 5.32 Å². The van der Waals surface area contributed by atoms with Crippen molar-refractivity contribution in [3.63, 3.8) is 0 Å². The highest BCUT2D eigenvalue weighted by atomic mass is 16.4. The zero-order chi connectivity index (χ0) is 17.2. The summed E-state index contributed by atoms with van der Waals surface area (Å²) >= 11 is 0. The maximum atomic E-state index is 12.5. The van der Waals surface area contributed by atoms with Gasteiger partial charge in [-0.15, -0.1) is 0 Å². The topological polar surface area (TPSA) is 79.5 Å². The SMILES string of the molecule is Cc1cc(C(=O)Nc2ccc(CC(=O)O)cc2)c(C(C)(C)C)o1. The number of nitrogens with one attached hydrogen (secondary N) is 1. The number of carboxylic acids is 1. The molecule has 0 atom stereocenters. The first-order chi connectivity index (χ1) is 10.7. The Bertz CT molecular complexity index is 720. The number of furan rings is 1. The Hall–Kier alpha value is -2.56. The molecule has 0 fully saturated rings. The normalized spacial score (nSPS) is 11.3. The fraction of sp³-hybridized carbons (Fsp3) is 0.333. The van der Waals surface area contributed by atoms with Crippen LogP contribution in [0.5, 0.6) is 0 Å². The van der Waals surface area contributed by atoms with E-state index in [-0.39, 0.29) is 17.7 Å². The van der Waals surface area contributed by atoms with E-state index in [1.54, 1.807) is 30.3 Å². The molecule has 0 aliphatic heterocycles. The first kappa shape index (κ1) is 16.8. The van der Waals surface area contributed by atoms with Gasteiger partial charge >= 0.3 is 5.97 Å². The lowest BCUT2D eigenvalue weighted by atomic mass is 9.90. The maximum absolute atomic E-state index is 12.5. The monoisotopic (exact) mass is 315 g/mol. The van der Waals surface area contributed by atoms with Gasteiger partial charge in [-0.1, -0.05) is 32.9 Å². The molecule has 0 aliphatic carbocycles. The van der Waals surface area contributed by atoms with E-state index in [9.17, 15) is 9.59 Å². The highest BCUT2D eigenvalue weighted by Gasteiger charge is 2.26. The minimum Gasteiger partial charge on any atom is -0.481 e. The summed E-state index contributed by atoms with van der Waals surface area (Å²) in [6, 6.07) is 8.50. The molecule has 2 aromatic rings. The van der Waals surface area contributed by atoms with Crippen LogP contribution in [0.25, 0.3) is 0 Å². The highest BCUT2D eigenvalue weighted by molar-refractivity contribution is 6.05. The van der Waals surface area contributed by atoms with E-state index in [4.69, 9.17) is 9.52 Å². The van der Waals surface area contributed by atoms with Crippen LogP contribution < -0.4 is 5.32 Å². The van der Waals surface area contributed by atoms with Crippen molar-refractivity contribution in [1.29, 1.82) is 0 Å². The summed E-state index contributed by atoms with van der Waals surface area (Å²) < 4.78 is 5.67. The summed E-state index contributed by atoms with van der Waals surface area (Å²) in [6.07, 6.45) is -0.0384. The molecule has 0 unspecified atom stereocenters. The van der Waals surface area contributed by atoms with Gasteiger partial charge in [0.15, 0.2) is 0 Å². The number of aliphatic carboxylic acids is 1. The van der Waals surface area contributed by atoms with Crippen LogP contribution in [-0.2, 0) is 16.6 Å². The zero-order valence-electron chi connectivity index (χ0n) is 13.8. The average molecular weight is 315 g/mol. The van der Waals surface area contributed by atoms with Gasteiger partial charge in [0, 0.05) is 11.1 Å². The first-order valence-corrected chi connectivity index (χ1v) is 7.40. The number of carboxylic acid groups (broad SMARTS) is 1. The first-order valence-electron chi connectivity index (χ1n) is 7.40. The molecule has 122 valence electrons. The number of benzene rings is 1. The smallest absolute Gasteiger partial charge is 0.307 e. The van der Waals surface area contributed by atoms with Gasteiger partial charge in [-0.2, -0.15) is 0 Å². The predicted octanol–water partition coefficient (Wildman–Crippen LogP) is 3.76. The second-order valence-electron chi connectivity index (χ2n) is 6.57. The van der Waals surface area contributed by atoms with Crippen molar-refractivity contribution in [2.45, 2.75) is 39.5 Å². The van der Waals surface area contributed by atoms with Gasteiger partial charge in [-0.05, 0) is 30.7 Å². The average Bonchev–Trinajstić information content (AvgIpc) is 2.83. The van der Waals surface area contributed by atoms with Crippen LogP contribution in [0.3, 0.4) is 0 Å². The number of aryl methyl sites for hydroxylation is 1. The predicted molar refractivity (Wildman–Crippen MR) is 87.9 cm³/mol. The van der Waals surface area contributed by atoms with Crippen LogP contribution in [0.15, 0.2) is 34.7 Å². The minimum atomic E-state index is -0.884. The summed E-state index contributed by atoms with van der Waals surface area (Å²) in [5.41, 5.74) is 1.55. The van der Waals surface area contributed by atoms with Gasteiger partial charge in [0.1, 0.15) is 11.5 Å². The summed E-state index contributed by atoms with van der Waals surface area (Å²) in [5, 5.41) is 11.6. The molecule has 5 heteroatoms. The van der Waals surface area contributed by atoms with Gasteiger partial charge < -0.3 is 14.8 Å². The Kier molecular flexibility index (Phi) is 4.59. The number of hydrogen-bond acceptors (Lipinski definition) is 3. The molecule has 2 N–H and O–H groups in total. The third kappa shape index (κ3) is 4.22. The quantitative estimate of drug-likeness (QED) is 0.900. The second kappa shape index (κ2) is 6.28. The molecular weight excluding hydrogens is 294 g/mol. The van der Waals surface area contributed by atoms with E-state index in [0.717, 1.165) is 0 Å². The fourth-order valence-corrected chi connectivity index (χ4v) is 2.32. The number of amides is 1. The Morgan fingerprint density at radius 3 is 2.30 bits per heavy atom. The Balaban J connectivity index is 2.18. The maximum Gasteiger partial charge on any atom is 0.307 e. The van der Waals surface area contributed by atoms with Crippen molar-refractivity contribution in [3.8, 4) is 0 Å². The van der Waals surface area contributed by atoms with Crippen LogP contribution in [0.1, 0.15) is 48.2 Å². The number of hydrogen-bond donors (Lipinski definition) is 2. The van der Waals surface area contributed by atoms with E-state index in [0.29, 0.717) is 28.3 Å². The third-order valence-electron chi connectivity index (χ3n) is 3.35. The number of rotatable bonds is 4. The van der Waals surface area contributed by atoms with E-state index < -0.39 is 5.97 Å². The molecule has 2 rings (SSSR count). The summed E-state index contributed by atoms with van der Waals surface area (Å²) in [7, 11) is 0. The van der Waals surface area contributed by atoms with Crippen LogP contribution >= 0.6 is 0 Å². The third-order valence-corrected chi connectivity index (χ3v) is 3.35. The van der Waals surface area contributed by atoms with E-state index in [1.165, 1.54) is 0 Å². The van der Waals surface area contributed by atoms with Crippen LogP contribution in [0.2, 0.25) is 0 Å². The lowest BCUT2D eigenvalue weighted by molar-refractivity contribution is -0.136. The second-order valence-corrected chi connectivity index (χ2v) is 6.57. The van der Waals surface area contributed by atoms with Gasteiger partial charge in [0.25, 0.3) is 5.91 Å². The molecule has 1 amide bonds. The highest BCUT2D eigenvalue weighted by Crippen LogP contribution is 2.29. The molecule has 0 spiro atoms. The molecule has 1 aromatic heterocycles. The Morgan fingerprint density at radius 1 is 1.17 bits per heavy atom. The van der Waals surface area contributed by atoms with Gasteiger partial charge in [-0.3, -0.25) is 9.59 Å². The van der Waals surface area contributed by atoms with Crippen molar-refractivity contribution in [2.24, 2.45) is 0 Å². The van der Waals surface area contributed by atoms with Gasteiger partial charge in [-0.25, -0.2) is 0 Å². The lowest BCUT2D eigenvalue weighted by Gasteiger charge is -2.17. The molecule has 5 nitrogen and oxygen atoms in total. The Morgan fingerprint density at radius 2 is 1.78 bits per heavy atom. The molecule has 0 aliphatic rings. The largest absolute Gasteiger partial charge is 0.481 e. The van der Waals surface area contributed by atoms with Crippen LogP contribution in [0.4, 0.5) is 5.69 Å². The number of carbonyl (C=O) groups is 2. The number of carbonyl (C=O) groups excluding carboxylic acids is 1. The molecule has 1 heterocycles. The standard InChI is InChI=1S/C18H21NO4/c1-11-9-14(16(23-11)18(2,3)4)17(22)19-13-7-5-12(6-8-13)10-15(20)21/h5-9H,10H2,1-4H3,(H,19,22)(H,20,21). The van der Waals surface area contributed by atoms with Gasteiger partial charge in [0.2, 0.25) is 0 Å². The molecule has 0 saturated heterocycles. The molecule has 0 saturated carbocycles. The van der Waals surface area contributed by atoms with Crippen molar-refractivity contribution in [3.05, 3.63) is 53.0 Å². The van der Waals surface area contributed by atoms with E-state index >= 15 is 0 Å². The van der Waals surface area contributed by atoms with Crippen molar-refractivity contribution < 1.29 is 19.1 Å². The number of anilines is 1. The van der Waals surface area contributed by atoms with Crippen molar-refractivity contribution in [1.82, 2.24) is 0 Å². The zero-order valence-corrected chi connectivity index (χ0v) is 13.8. The molecule has 23 heavy (non-hydrogen) atoms. The lowest BCUT2D eigenvalue weighted by Crippen LogP contribution is -2.19. The minimum absolute atomic E-state index is 0.0384. The van der Waals surface area contributed by atoms with Gasteiger partial charge in [0.05, 0.1) is 12.0 Å². The Labute approximate surface area is 135 Å². The molecular formula is C18H21NO4. The summed E-state index contributed by atoms with van der Waals surface area (Å²) in [4.78, 5) is 23.2. The van der Waals surface area contributed by atoms with Crippen LogP contribution in [-0.4, -0.2) is 17.0 Å². The van der Waals surface area contributed by atoms with Crippen LogP contribution in [0, 0.1) is 6.92 Å². The van der Waals surface area contributed by atoms with Crippen molar-refractivity contribution in [2.75, 3.05) is 5.32 Å². The molecule has 0 radical (unpaired) electrons. The molecule has 0 bridgehead atoms.